The summed E-state index contributed by atoms with van der Waals surface area (Å²) in [6.07, 6.45) is 7.26. The van der Waals surface area contributed by atoms with Crippen LogP contribution in [0.15, 0.2) is 18.6 Å². The Morgan fingerprint density at radius 1 is 1.54 bits per heavy atom. The van der Waals surface area contributed by atoms with E-state index in [4.69, 9.17) is 5.11 Å². The normalized spacial score (nSPS) is 22.2. The highest BCUT2D eigenvalue weighted by atomic mass is 16.3. The number of hydrogen-bond acceptors (Lipinski definition) is 4. The summed E-state index contributed by atoms with van der Waals surface area (Å²) in [4.78, 5) is 10.3. The summed E-state index contributed by atoms with van der Waals surface area (Å²) in [7, 11) is 0. The van der Waals surface area contributed by atoms with Crippen molar-refractivity contribution in [3.8, 4) is 0 Å². The fourth-order valence-corrected chi connectivity index (χ4v) is 1.77. The lowest BCUT2D eigenvalue weighted by molar-refractivity contribution is 0.266. The Labute approximate surface area is 77.2 Å². The molecule has 4 nitrogen and oxygen atoms in total. The van der Waals surface area contributed by atoms with Crippen molar-refractivity contribution >= 4 is 5.82 Å². The summed E-state index contributed by atoms with van der Waals surface area (Å²) in [5.41, 5.74) is 0. The van der Waals surface area contributed by atoms with Crippen LogP contribution in [0.25, 0.3) is 0 Å². The molecular weight excluding hydrogens is 166 g/mol. The SMILES string of the molecule is OC[C@@H]1CCCN1c1cnccn1. The number of hydrogen-bond donors (Lipinski definition) is 1. The standard InChI is InChI=1S/C9H13N3O/c13-7-8-2-1-5-12(8)9-6-10-3-4-11-9/h3-4,6,8,13H,1-2,5,7H2/t8-/m0/s1. The average molecular weight is 179 g/mol. The number of aromatic nitrogens is 2. The lowest BCUT2D eigenvalue weighted by atomic mass is 10.2. The molecule has 13 heavy (non-hydrogen) atoms. The molecule has 0 aliphatic carbocycles. The molecule has 1 saturated heterocycles. The minimum absolute atomic E-state index is 0.205. The Kier molecular flexibility index (Phi) is 2.40. The topological polar surface area (TPSA) is 49.2 Å². The smallest absolute Gasteiger partial charge is 0.147 e. The lowest BCUT2D eigenvalue weighted by Gasteiger charge is -2.23. The van der Waals surface area contributed by atoms with Crippen molar-refractivity contribution < 1.29 is 5.11 Å². The molecule has 2 rings (SSSR count). The Balaban J connectivity index is 2.16. The summed E-state index contributed by atoms with van der Waals surface area (Å²) in [6.45, 7) is 1.18. The van der Waals surface area contributed by atoms with Gasteiger partial charge in [-0.2, -0.15) is 0 Å². The van der Waals surface area contributed by atoms with Gasteiger partial charge in [0.1, 0.15) is 5.82 Å². The van der Waals surface area contributed by atoms with Crippen molar-refractivity contribution in [1.82, 2.24) is 9.97 Å². The van der Waals surface area contributed by atoms with Crippen molar-refractivity contribution in [3.05, 3.63) is 18.6 Å². The molecule has 0 saturated carbocycles. The largest absolute Gasteiger partial charge is 0.394 e. The number of anilines is 1. The van der Waals surface area contributed by atoms with E-state index in [-0.39, 0.29) is 12.6 Å². The van der Waals surface area contributed by atoms with Crippen LogP contribution in [-0.2, 0) is 0 Å². The first-order valence-corrected chi connectivity index (χ1v) is 4.55. The third-order valence-electron chi connectivity index (χ3n) is 2.43. The van der Waals surface area contributed by atoms with E-state index in [9.17, 15) is 0 Å². The Morgan fingerprint density at radius 2 is 2.46 bits per heavy atom. The number of nitrogens with zero attached hydrogens (tertiary/aromatic N) is 3. The van der Waals surface area contributed by atoms with Gasteiger partial charge in [0.15, 0.2) is 0 Å². The molecule has 1 N–H and O–H groups in total. The van der Waals surface area contributed by atoms with E-state index in [0.717, 1.165) is 25.2 Å². The molecule has 1 aliphatic heterocycles. The van der Waals surface area contributed by atoms with Crippen LogP contribution < -0.4 is 4.90 Å². The molecule has 2 heterocycles. The van der Waals surface area contributed by atoms with E-state index in [2.05, 4.69) is 14.9 Å². The average Bonchev–Trinajstić information content (AvgIpc) is 2.67. The Morgan fingerprint density at radius 3 is 3.15 bits per heavy atom. The number of rotatable bonds is 2. The molecule has 0 radical (unpaired) electrons. The predicted octanol–water partition coefficient (Wildman–Crippen LogP) is 0.438. The molecule has 0 unspecified atom stereocenters. The van der Waals surface area contributed by atoms with E-state index in [1.165, 1.54) is 0 Å². The molecule has 0 amide bonds. The van der Waals surface area contributed by atoms with Gasteiger partial charge >= 0.3 is 0 Å². The van der Waals surface area contributed by atoms with Gasteiger partial charge in [0.25, 0.3) is 0 Å². The van der Waals surface area contributed by atoms with E-state index in [1.54, 1.807) is 18.6 Å². The second-order valence-corrected chi connectivity index (χ2v) is 3.24. The van der Waals surface area contributed by atoms with Crippen LogP contribution in [0.3, 0.4) is 0 Å². The van der Waals surface area contributed by atoms with Gasteiger partial charge in [-0.1, -0.05) is 0 Å². The van der Waals surface area contributed by atoms with Gasteiger partial charge < -0.3 is 10.0 Å². The highest BCUT2D eigenvalue weighted by Crippen LogP contribution is 2.21. The zero-order chi connectivity index (χ0) is 9.10. The molecule has 1 aromatic heterocycles. The Bertz CT molecular complexity index is 265. The van der Waals surface area contributed by atoms with Crippen LogP contribution in [-0.4, -0.2) is 34.3 Å². The van der Waals surface area contributed by atoms with Crippen LogP contribution >= 0.6 is 0 Å². The van der Waals surface area contributed by atoms with Crippen molar-refractivity contribution in [2.45, 2.75) is 18.9 Å². The van der Waals surface area contributed by atoms with E-state index in [1.807, 2.05) is 0 Å². The van der Waals surface area contributed by atoms with Crippen molar-refractivity contribution in [1.29, 1.82) is 0 Å². The molecular formula is C9H13N3O. The first kappa shape index (κ1) is 8.44. The van der Waals surface area contributed by atoms with Gasteiger partial charge in [0, 0.05) is 18.9 Å². The maximum atomic E-state index is 9.11. The minimum Gasteiger partial charge on any atom is -0.394 e. The number of aliphatic hydroxyl groups is 1. The van der Waals surface area contributed by atoms with Crippen molar-refractivity contribution in [2.75, 3.05) is 18.1 Å². The second-order valence-electron chi connectivity index (χ2n) is 3.24. The van der Waals surface area contributed by atoms with Crippen LogP contribution in [0.2, 0.25) is 0 Å². The van der Waals surface area contributed by atoms with E-state index in [0.29, 0.717) is 0 Å². The first-order chi connectivity index (χ1) is 6.42. The maximum Gasteiger partial charge on any atom is 0.147 e. The van der Waals surface area contributed by atoms with Crippen LogP contribution in [0.1, 0.15) is 12.8 Å². The molecule has 0 bridgehead atoms. The van der Waals surface area contributed by atoms with Crippen LogP contribution in [0.5, 0.6) is 0 Å². The van der Waals surface area contributed by atoms with Gasteiger partial charge in [0.2, 0.25) is 0 Å². The molecule has 0 aromatic carbocycles. The van der Waals surface area contributed by atoms with E-state index >= 15 is 0 Å². The molecule has 1 aliphatic rings. The molecule has 70 valence electrons. The Hall–Kier alpha value is -1.16. The van der Waals surface area contributed by atoms with Gasteiger partial charge in [0.05, 0.1) is 18.8 Å². The fraction of sp³-hybridized carbons (Fsp3) is 0.556. The first-order valence-electron chi connectivity index (χ1n) is 4.55. The third kappa shape index (κ3) is 1.62. The fourth-order valence-electron chi connectivity index (χ4n) is 1.77. The lowest BCUT2D eigenvalue weighted by Crippen LogP contribution is -2.32. The van der Waals surface area contributed by atoms with Crippen LogP contribution in [0.4, 0.5) is 5.82 Å². The van der Waals surface area contributed by atoms with E-state index < -0.39 is 0 Å². The summed E-state index contributed by atoms with van der Waals surface area (Å²) in [5.74, 6) is 0.874. The third-order valence-corrected chi connectivity index (χ3v) is 2.43. The molecule has 1 atom stereocenters. The summed E-state index contributed by atoms with van der Waals surface area (Å²) in [6, 6.07) is 0.233. The maximum absolute atomic E-state index is 9.11. The quantitative estimate of drug-likeness (QED) is 0.715. The highest BCUT2D eigenvalue weighted by molar-refractivity contribution is 5.38. The van der Waals surface area contributed by atoms with Crippen molar-refractivity contribution in [2.24, 2.45) is 0 Å². The zero-order valence-corrected chi connectivity index (χ0v) is 7.43. The highest BCUT2D eigenvalue weighted by Gasteiger charge is 2.24. The van der Waals surface area contributed by atoms with Gasteiger partial charge in [-0.25, -0.2) is 4.98 Å². The van der Waals surface area contributed by atoms with Gasteiger partial charge in [-0.15, -0.1) is 0 Å². The monoisotopic (exact) mass is 179 g/mol. The van der Waals surface area contributed by atoms with Gasteiger partial charge in [-0.3, -0.25) is 4.98 Å². The molecule has 1 aromatic rings. The zero-order valence-electron chi connectivity index (χ0n) is 7.43. The molecule has 0 spiro atoms. The predicted molar refractivity (Wildman–Crippen MR) is 49.5 cm³/mol. The van der Waals surface area contributed by atoms with Crippen LogP contribution in [0, 0.1) is 0 Å². The minimum atomic E-state index is 0.205. The second kappa shape index (κ2) is 3.70. The molecule has 1 fully saturated rings. The summed E-state index contributed by atoms with van der Waals surface area (Å²) >= 11 is 0. The number of aliphatic hydroxyl groups excluding tert-OH is 1. The molecule has 4 heteroatoms. The summed E-state index contributed by atoms with van der Waals surface area (Å²) < 4.78 is 0. The summed E-state index contributed by atoms with van der Waals surface area (Å²) in [5, 5.41) is 9.11. The van der Waals surface area contributed by atoms with Gasteiger partial charge in [-0.05, 0) is 12.8 Å². The van der Waals surface area contributed by atoms with Crippen molar-refractivity contribution in [3.63, 3.8) is 0 Å².